The predicted octanol–water partition coefficient (Wildman–Crippen LogP) is 2.91. The molecule has 0 aliphatic rings. The highest BCUT2D eigenvalue weighted by molar-refractivity contribution is 7.13. The first-order chi connectivity index (χ1) is 6.68. The van der Waals surface area contributed by atoms with Gasteiger partial charge in [0.05, 0.1) is 10.6 Å². The molecule has 4 heteroatoms. The number of oxazole rings is 1. The first-order valence-corrected chi connectivity index (χ1v) is 5.08. The molecule has 0 unspecified atom stereocenters. The molecule has 14 heavy (non-hydrogen) atoms. The lowest BCUT2D eigenvalue weighted by Gasteiger charge is -1.87. The monoisotopic (exact) mass is 207 g/mol. The SMILES string of the molecule is CC(=O)c1oc(-c2cccs2)nc1C. The van der Waals surface area contributed by atoms with Crippen LogP contribution in [0.1, 0.15) is 23.2 Å². The molecule has 0 saturated carbocycles. The third kappa shape index (κ3) is 1.48. The smallest absolute Gasteiger partial charge is 0.237 e. The van der Waals surface area contributed by atoms with Gasteiger partial charge in [-0.1, -0.05) is 6.07 Å². The number of rotatable bonds is 2. The number of aryl methyl sites for hydroxylation is 1. The van der Waals surface area contributed by atoms with Gasteiger partial charge in [-0.15, -0.1) is 11.3 Å². The molecule has 72 valence electrons. The van der Waals surface area contributed by atoms with Crippen molar-refractivity contribution in [1.29, 1.82) is 0 Å². The molecule has 0 N–H and O–H groups in total. The number of carbonyl (C=O) groups is 1. The summed E-state index contributed by atoms with van der Waals surface area (Å²) < 4.78 is 5.37. The van der Waals surface area contributed by atoms with E-state index >= 15 is 0 Å². The maximum Gasteiger partial charge on any atom is 0.237 e. The average molecular weight is 207 g/mol. The minimum atomic E-state index is -0.0854. The van der Waals surface area contributed by atoms with Crippen LogP contribution >= 0.6 is 11.3 Å². The third-order valence-electron chi connectivity index (χ3n) is 1.85. The zero-order valence-corrected chi connectivity index (χ0v) is 8.72. The van der Waals surface area contributed by atoms with Crippen LogP contribution in [-0.4, -0.2) is 10.8 Å². The second-order valence-electron chi connectivity index (χ2n) is 2.97. The van der Waals surface area contributed by atoms with Crippen LogP contribution in [0.25, 0.3) is 10.8 Å². The summed E-state index contributed by atoms with van der Waals surface area (Å²) in [5.74, 6) is 0.800. The Morgan fingerprint density at radius 2 is 2.36 bits per heavy atom. The zero-order chi connectivity index (χ0) is 10.1. The summed E-state index contributed by atoms with van der Waals surface area (Å²) in [5, 5.41) is 1.95. The first kappa shape index (κ1) is 9.15. The standard InChI is InChI=1S/C10H9NO2S/c1-6-9(7(2)12)13-10(11-6)8-4-3-5-14-8/h3-5H,1-2H3. The van der Waals surface area contributed by atoms with Crippen LogP contribution in [0.15, 0.2) is 21.9 Å². The molecule has 0 bridgehead atoms. The fourth-order valence-corrected chi connectivity index (χ4v) is 1.88. The quantitative estimate of drug-likeness (QED) is 0.711. The maximum absolute atomic E-state index is 11.1. The van der Waals surface area contributed by atoms with E-state index in [4.69, 9.17) is 4.42 Å². The fourth-order valence-electron chi connectivity index (χ4n) is 1.23. The van der Waals surface area contributed by atoms with Gasteiger partial charge in [-0.3, -0.25) is 4.79 Å². The molecule has 0 saturated heterocycles. The highest BCUT2D eigenvalue weighted by atomic mass is 32.1. The van der Waals surface area contributed by atoms with E-state index in [1.54, 1.807) is 18.3 Å². The molecule has 3 nitrogen and oxygen atoms in total. The highest BCUT2D eigenvalue weighted by Crippen LogP contribution is 2.25. The highest BCUT2D eigenvalue weighted by Gasteiger charge is 2.14. The van der Waals surface area contributed by atoms with Crippen LogP contribution in [0.4, 0.5) is 0 Å². The van der Waals surface area contributed by atoms with E-state index in [2.05, 4.69) is 4.98 Å². The van der Waals surface area contributed by atoms with Gasteiger partial charge in [0, 0.05) is 6.92 Å². The van der Waals surface area contributed by atoms with E-state index in [1.807, 2.05) is 17.5 Å². The van der Waals surface area contributed by atoms with Crippen molar-refractivity contribution in [3.63, 3.8) is 0 Å². The minimum Gasteiger partial charge on any atom is -0.432 e. The van der Waals surface area contributed by atoms with E-state index in [0.29, 0.717) is 17.3 Å². The molecule has 2 aromatic rings. The molecule has 0 spiro atoms. The normalized spacial score (nSPS) is 10.4. The molecule has 2 aromatic heterocycles. The van der Waals surface area contributed by atoms with Crippen LogP contribution in [0, 0.1) is 6.92 Å². The second-order valence-corrected chi connectivity index (χ2v) is 3.91. The van der Waals surface area contributed by atoms with Gasteiger partial charge in [-0.25, -0.2) is 4.98 Å². The Morgan fingerprint density at radius 1 is 1.57 bits per heavy atom. The van der Waals surface area contributed by atoms with Gasteiger partial charge in [0.2, 0.25) is 5.89 Å². The first-order valence-electron chi connectivity index (χ1n) is 4.20. The summed E-state index contributed by atoms with van der Waals surface area (Å²) in [6, 6.07) is 3.84. The van der Waals surface area contributed by atoms with Crippen molar-refractivity contribution >= 4 is 17.1 Å². The van der Waals surface area contributed by atoms with Gasteiger partial charge in [0.1, 0.15) is 0 Å². The molecular weight excluding hydrogens is 198 g/mol. The number of Topliss-reactive ketones (excluding diaryl/α,β-unsaturated/α-hetero) is 1. The molecule has 2 rings (SSSR count). The Hall–Kier alpha value is -1.42. The van der Waals surface area contributed by atoms with Crippen molar-refractivity contribution in [3.05, 3.63) is 29.0 Å². The number of thiophene rings is 1. The van der Waals surface area contributed by atoms with Crippen molar-refractivity contribution in [2.24, 2.45) is 0 Å². The number of aromatic nitrogens is 1. The van der Waals surface area contributed by atoms with Crippen molar-refractivity contribution in [2.45, 2.75) is 13.8 Å². The zero-order valence-electron chi connectivity index (χ0n) is 7.90. The van der Waals surface area contributed by atoms with Gasteiger partial charge < -0.3 is 4.42 Å². The molecule has 2 heterocycles. The Labute approximate surface area is 85.4 Å². The molecule has 0 aliphatic heterocycles. The van der Waals surface area contributed by atoms with Crippen LogP contribution < -0.4 is 0 Å². The van der Waals surface area contributed by atoms with Gasteiger partial charge >= 0.3 is 0 Å². The van der Waals surface area contributed by atoms with Crippen LogP contribution in [-0.2, 0) is 0 Å². The Bertz CT molecular complexity index is 456. The summed E-state index contributed by atoms with van der Waals surface area (Å²) in [4.78, 5) is 16.3. The van der Waals surface area contributed by atoms with Gasteiger partial charge in [0.25, 0.3) is 0 Å². The average Bonchev–Trinajstić information content (AvgIpc) is 2.70. The van der Waals surface area contributed by atoms with Crippen molar-refractivity contribution in [3.8, 4) is 10.8 Å². The predicted molar refractivity (Wildman–Crippen MR) is 54.6 cm³/mol. The van der Waals surface area contributed by atoms with E-state index in [-0.39, 0.29) is 5.78 Å². The van der Waals surface area contributed by atoms with Crippen molar-refractivity contribution in [2.75, 3.05) is 0 Å². The minimum absolute atomic E-state index is 0.0854. The molecule has 0 amide bonds. The van der Waals surface area contributed by atoms with Crippen molar-refractivity contribution in [1.82, 2.24) is 4.98 Å². The Morgan fingerprint density at radius 3 is 2.86 bits per heavy atom. The Kier molecular flexibility index (Phi) is 2.21. The number of ketones is 1. The van der Waals surface area contributed by atoms with Gasteiger partial charge in [-0.2, -0.15) is 0 Å². The summed E-state index contributed by atoms with van der Waals surface area (Å²) in [6.07, 6.45) is 0. The van der Waals surface area contributed by atoms with E-state index in [1.165, 1.54) is 6.92 Å². The number of hydrogen-bond acceptors (Lipinski definition) is 4. The molecular formula is C10H9NO2S. The maximum atomic E-state index is 11.1. The topological polar surface area (TPSA) is 43.1 Å². The van der Waals surface area contributed by atoms with E-state index < -0.39 is 0 Å². The summed E-state index contributed by atoms with van der Waals surface area (Å²) in [5.41, 5.74) is 0.654. The van der Waals surface area contributed by atoms with E-state index in [0.717, 1.165) is 4.88 Å². The molecule has 0 aromatic carbocycles. The summed E-state index contributed by atoms with van der Waals surface area (Å²) >= 11 is 1.54. The Balaban J connectivity index is 2.48. The van der Waals surface area contributed by atoms with Crippen LogP contribution in [0.5, 0.6) is 0 Å². The number of hydrogen-bond donors (Lipinski definition) is 0. The number of carbonyl (C=O) groups excluding carboxylic acids is 1. The molecule has 0 radical (unpaired) electrons. The van der Waals surface area contributed by atoms with Crippen molar-refractivity contribution < 1.29 is 9.21 Å². The summed E-state index contributed by atoms with van der Waals surface area (Å²) in [6.45, 7) is 3.25. The van der Waals surface area contributed by atoms with Crippen LogP contribution in [0.3, 0.4) is 0 Å². The lowest BCUT2D eigenvalue weighted by Crippen LogP contribution is -1.90. The van der Waals surface area contributed by atoms with Gasteiger partial charge in [-0.05, 0) is 18.4 Å². The third-order valence-corrected chi connectivity index (χ3v) is 2.71. The molecule has 0 fully saturated rings. The summed E-state index contributed by atoms with van der Waals surface area (Å²) in [7, 11) is 0. The molecule has 0 atom stereocenters. The lowest BCUT2D eigenvalue weighted by atomic mass is 10.3. The fraction of sp³-hybridized carbons (Fsp3) is 0.200. The largest absolute Gasteiger partial charge is 0.432 e. The van der Waals surface area contributed by atoms with Gasteiger partial charge in [0.15, 0.2) is 11.5 Å². The second kappa shape index (κ2) is 3.38. The molecule has 0 aliphatic carbocycles. The number of nitrogens with zero attached hydrogens (tertiary/aromatic N) is 1. The van der Waals surface area contributed by atoms with Crippen LogP contribution in [0.2, 0.25) is 0 Å². The van der Waals surface area contributed by atoms with E-state index in [9.17, 15) is 4.79 Å². The lowest BCUT2D eigenvalue weighted by molar-refractivity contribution is 0.0987.